The number of rotatable bonds is 0. The normalized spacial score (nSPS) is 16.8. The van der Waals surface area contributed by atoms with Crippen molar-refractivity contribution in [2.24, 2.45) is 0 Å². The fraction of sp³-hybridized carbons (Fsp3) is 0.400. The van der Waals surface area contributed by atoms with E-state index in [0.717, 1.165) is 25.9 Å². The Morgan fingerprint density at radius 2 is 1.83 bits per heavy atom. The fourth-order valence-electron chi connectivity index (χ4n) is 1.64. The highest BCUT2D eigenvalue weighted by Crippen LogP contribution is 2.14. The van der Waals surface area contributed by atoms with Gasteiger partial charge < -0.3 is 5.32 Å². The SMILES string of the molecule is Fc1ccc2c(c1)CCNCC2. The Kier molecular flexibility index (Phi) is 2.09. The summed E-state index contributed by atoms with van der Waals surface area (Å²) in [5.74, 6) is -0.115. The van der Waals surface area contributed by atoms with Crippen LogP contribution in [0.15, 0.2) is 18.2 Å². The molecule has 1 N–H and O–H groups in total. The third-order valence-electron chi connectivity index (χ3n) is 2.31. The zero-order valence-electron chi connectivity index (χ0n) is 6.94. The lowest BCUT2D eigenvalue weighted by Crippen LogP contribution is -2.16. The molecule has 0 aromatic heterocycles. The quantitative estimate of drug-likeness (QED) is 0.614. The van der Waals surface area contributed by atoms with Gasteiger partial charge in [0.2, 0.25) is 0 Å². The average Bonchev–Trinajstić information content (AvgIpc) is 2.28. The lowest BCUT2D eigenvalue weighted by Gasteiger charge is -2.03. The molecule has 1 aliphatic heterocycles. The number of halogens is 1. The van der Waals surface area contributed by atoms with E-state index in [1.54, 1.807) is 12.1 Å². The molecule has 1 nitrogen and oxygen atoms in total. The van der Waals surface area contributed by atoms with Crippen molar-refractivity contribution in [1.82, 2.24) is 5.32 Å². The number of benzene rings is 1. The van der Waals surface area contributed by atoms with Crippen LogP contribution < -0.4 is 5.32 Å². The Hall–Kier alpha value is -0.890. The molecule has 0 atom stereocenters. The van der Waals surface area contributed by atoms with Gasteiger partial charge in [0, 0.05) is 0 Å². The van der Waals surface area contributed by atoms with E-state index in [1.807, 2.05) is 6.07 Å². The van der Waals surface area contributed by atoms with Gasteiger partial charge >= 0.3 is 0 Å². The van der Waals surface area contributed by atoms with Gasteiger partial charge in [-0.15, -0.1) is 0 Å². The van der Waals surface area contributed by atoms with Crippen LogP contribution in [-0.2, 0) is 12.8 Å². The molecule has 0 saturated heterocycles. The van der Waals surface area contributed by atoms with Gasteiger partial charge in [0.15, 0.2) is 0 Å². The number of hydrogen-bond acceptors (Lipinski definition) is 1. The molecule has 1 aromatic carbocycles. The highest BCUT2D eigenvalue weighted by molar-refractivity contribution is 5.29. The summed E-state index contributed by atoms with van der Waals surface area (Å²) < 4.78 is 12.8. The van der Waals surface area contributed by atoms with Crippen LogP contribution in [0.1, 0.15) is 11.1 Å². The molecular formula is C10H12FN. The Labute approximate surface area is 71.6 Å². The summed E-state index contributed by atoms with van der Waals surface area (Å²) in [6.45, 7) is 1.98. The van der Waals surface area contributed by atoms with Gasteiger partial charge in [-0.25, -0.2) is 4.39 Å². The van der Waals surface area contributed by atoms with E-state index >= 15 is 0 Å². The zero-order valence-corrected chi connectivity index (χ0v) is 6.94. The van der Waals surface area contributed by atoms with Crippen molar-refractivity contribution in [3.8, 4) is 0 Å². The van der Waals surface area contributed by atoms with E-state index in [4.69, 9.17) is 0 Å². The van der Waals surface area contributed by atoms with Crippen molar-refractivity contribution >= 4 is 0 Å². The van der Waals surface area contributed by atoms with Crippen molar-refractivity contribution in [3.63, 3.8) is 0 Å². The first-order chi connectivity index (χ1) is 5.86. The van der Waals surface area contributed by atoms with Crippen LogP contribution in [0, 0.1) is 5.82 Å². The first kappa shape index (κ1) is 7.74. The van der Waals surface area contributed by atoms with Crippen molar-refractivity contribution in [2.45, 2.75) is 12.8 Å². The lowest BCUT2D eigenvalue weighted by atomic mass is 10.0. The number of fused-ring (bicyclic) bond motifs is 1. The topological polar surface area (TPSA) is 12.0 Å². The van der Waals surface area contributed by atoms with Crippen LogP contribution in [0.5, 0.6) is 0 Å². The maximum absolute atomic E-state index is 12.8. The Bertz CT molecular complexity index is 283. The van der Waals surface area contributed by atoms with Gasteiger partial charge in [-0.3, -0.25) is 0 Å². The molecule has 2 rings (SSSR count). The van der Waals surface area contributed by atoms with Crippen LogP contribution in [0.4, 0.5) is 4.39 Å². The van der Waals surface area contributed by atoms with Gasteiger partial charge in [-0.1, -0.05) is 6.07 Å². The molecule has 1 aliphatic rings. The van der Waals surface area contributed by atoms with E-state index in [-0.39, 0.29) is 5.82 Å². The molecular weight excluding hydrogens is 153 g/mol. The maximum Gasteiger partial charge on any atom is 0.123 e. The molecule has 0 spiro atoms. The third kappa shape index (κ3) is 1.48. The summed E-state index contributed by atoms with van der Waals surface area (Å²) in [5.41, 5.74) is 2.46. The van der Waals surface area contributed by atoms with Gasteiger partial charge in [0.1, 0.15) is 5.82 Å². The van der Waals surface area contributed by atoms with Crippen LogP contribution in [0.2, 0.25) is 0 Å². The van der Waals surface area contributed by atoms with Crippen LogP contribution in [0.25, 0.3) is 0 Å². The molecule has 0 radical (unpaired) electrons. The van der Waals surface area contributed by atoms with E-state index in [9.17, 15) is 4.39 Å². The van der Waals surface area contributed by atoms with Gasteiger partial charge in [-0.2, -0.15) is 0 Å². The van der Waals surface area contributed by atoms with Crippen LogP contribution >= 0.6 is 0 Å². The summed E-state index contributed by atoms with van der Waals surface area (Å²) in [7, 11) is 0. The maximum atomic E-state index is 12.8. The van der Waals surface area contributed by atoms with Crippen molar-refractivity contribution < 1.29 is 4.39 Å². The zero-order chi connectivity index (χ0) is 8.39. The molecule has 0 amide bonds. The third-order valence-corrected chi connectivity index (χ3v) is 2.31. The summed E-state index contributed by atoms with van der Waals surface area (Å²) in [6, 6.07) is 5.10. The minimum absolute atomic E-state index is 0.115. The van der Waals surface area contributed by atoms with Crippen LogP contribution in [-0.4, -0.2) is 13.1 Å². The van der Waals surface area contributed by atoms with Crippen LogP contribution in [0.3, 0.4) is 0 Å². The highest BCUT2D eigenvalue weighted by atomic mass is 19.1. The molecule has 12 heavy (non-hydrogen) atoms. The molecule has 0 saturated carbocycles. The summed E-state index contributed by atoms with van der Waals surface area (Å²) in [6.07, 6.45) is 1.97. The number of nitrogens with one attached hydrogen (secondary N) is 1. The molecule has 0 bridgehead atoms. The predicted octanol–water partition coefficient (Wildman–Crippen LogP) is 1.51. The Balaban J connectivity index is 2.36. The largest absolute Gasteiger partial charge is 0.316 e. The monoisotopic (exact) mass is 165 g/mol. The molecule has 2 heteroatoms. The van der Waals surface area contributed by atoms with Gasteiger partial charge in [0.05, 0.1) is 0 Å². The van der Waals surface area contributed by atoms with E-state index in [0.29, 0.717) is 0 Å². The Morgan fingerprint density at radius 3 is 2.67 bits per heavy atom. The van der Waals surface area contributed by atoms with Crippen molar-refractivity contribution in [1.29, 1.82) is 0 Å². The minimum Gasteiger partial charge on any atom is -0.316 e. The van der Waals surface area contributed by atoms with Crippen molar-refractivity contribution in [3.05, 3.63) is 35.1 Å². The minimum atomic E-state index is -0.115. The van der Waals surface area contributed by atoms with E-state index in [2.05, 4.69) is 5.32 Å². The molecule has 0 unspecified atom stereocenters. The Morgan fingerprint density at radius 1 is 1.08 bits per heavy atom. The predicted molar refractivity (Wildman–Crippen MR) is 46.7 cm³/mol. The lowest BCUT2D eigenvalue weighted by molar-refractivity contribution is 0.624. The second-order valence-electron chi connectivity index (χ2n) is 3.16. The van der Waals surface area contributed by atoms with Crippen molar-refractivity contribution in [2.75, 3.05) is 13.1 Å². The van der Waals surface area contributed by atoms with Gasteiger partial charge in [0.25, 0.3) is 0 Å². The molecule has 1 heterocycles. The second-order valence-corrected chi connectivity index (χ2v) is 3.16. The van der Waals surface area contributed by atoms with E-state index < -0.39 is 0 Å². The summed E-state index contributed by atoms with van der Waals surface area (Å²) in [5, 5.41) is 3.29. The molecule has 0 aliphatic carbocycles. The smallest absolute Gasteiger partial charge is 0.123 e. The fourth-order valence-corrected chi connectivity index (χ4v) is 1.64. The molecule has 1 aromatic rings. The molecule has 0 fully saturated rings. The summed E-state index contributed by atoms with van der Waals surface area (Å²) in [4.78, 5) is 0. The summed E-state index contributed by atoms with van der Waals surface area (Å²) >= 11 is 0. The second kappa shape index (κ2) is 3.23. The first-order valence-electron chi connectivity index (χ1n) is 4.34. The van der Waals surface area contributed by atoms with E-state index in [1.165, 1.54) is 11.1 Å². The first-order valence-corrected chi connectivity index (χ1v) is 4.34. The molecule has 64 valence electrons. The average molecular weight is 165 g/mol. The highest BCUT2D eigenvalue weighted by Gasteiger charge is 2.07. The number of hydrogen-bond donors (Lipinski definition) is 1. The van der Waals surface area contributed by atoms with Gasteiger partial charge in [-0.05, 0) is 49.2 Å². The standard InChI is InChI=1S/C10H12FN/c11-10-2-1-8-3-5-12-6-4-9(8)7-10/h1-2,7,12H,3-6H2.